The van der Waals surface area contributed by atoms with Crippen LogP contribution in [-0.4, -0.2) is 44.5 Å². The first kappa shape index (κ1) is 12.9. The molecule has 0 spiro atoms. The van der Waals surface area contributed by atoms with Crippen LogP contribution in [0.4, 0.5) is 0 Å². The van der Waals surface area contributed by atoms with E-state index < -0.39 is 0 Å². The zero-order valence-corrected chi connectivity index (χ0v) is 11.0. The summed E-state index contributed by atoms with van der Waals surface area (Å²) in [5, 5.41) is 3.68. The number of nitrogens with one attached hydrogen (secondary N) is 1. The molecule has 0 unspecified atom stereocenters. The van der Waals surface area contributed by atoms with Gasteiger partial charge in [0.2, 0.25) is 0 Å². The van der Waals surface area contributed by atoms with Crippen molar-refractivity contribution in [3.05, 3.63) is 0 Å². The fraction of sp³-hybridized carbons (Fsp3) is 1.00. The van der Waals surface area contributed by atoms with Crippen LogP contribution in [0.3, 0.4) is 0 Å². The Hall–Kier alpha value is 0.920. The van der Waals surface area contributed by atoms with Gasteiger partial charge in [0.1, 0.15) is 0 Å². The standard InChI is InChI=1S/C9H18N.Na.H2O/c1-8(2)6-5-7-9(3,4)10-8;;/h5,10H,6-7H2,1-4H3;;1H2. The molecular formula is C9H20NNaO. The predicted molar refractivity (Wildman–Crippen MR) is 53.6 cm³/mol. The van der Waals surface area contributed by atoms with Gasteiger partial charge in [-0.3, -0.25) is 0 Å². The molecule has 3 N–H and O–H groups in total. The van der Waals surface area contributed by atoms with Crippen molar-refractivity contribution in [1.82, 2.24) is 5.32 Å². The molecule has 0 amide bonds. The summed E-state index contributed by atoms with van der Waals surface area (Å²) in [7, 11) is 0. The molecule has 3 heteroatoms. The molecule has 1 aliphatic heterocycles. The second kappa shape index (κ2) is 3.97. The van der Waals surface area contributed by atoms with Crippen LogP contribution in [0.1, 0.15) is 40.5 Å². The summed E-state index contributed by atoms with van der Waals surface area (Å²) in [6.45, 7) is 9.27. The molecule has 0 aromatic carbocycles. The zero-order chi connectivity index (χ0) is 8.70. The van der Waals surface area contributed by atoms with Gasteiger partial charge in [-0.05, 0) is 0 Å². The molecule has 0 aromatic rings. The van der Waals surface area contributed by atoms with Gasteiger partial charge in [-0.2, -0.15) is 0 Å². The number of hydrogen-bond donors (Lipinski definition) is 1. The quantitative estimate of drug-likeness (QED) is 0.558. The van der Waals surface area contributed by atoms with E-state index in [4.69, 9.17) is 0 Å². The van der Waals surface area contributed by atoms with E-state index in [1.54, 1.807) is 0 Å². The van der Waals surface area contributed by atoms with Gasteiger partial charge in [0.15, 0.2) is 0 Å². The second-order valence-electron chi connectivity index (χ2n) is 5.41. The van der Waals surface area contributed by atoms with Gasteiger partial charge in [0.25, 0.3) is 0 Å². The first-order chi connectivity index (χ1) is 4.81. The molecule has 0 atom stereocenters. The molecule has 1 rings (SSSR count). The predicted octanol–water partition coefficient (Wildman–Crippen LogP) is 1.06. The van der Waals surface area contributed by atoms with Gasteiger partial charge >= 0.3 is 88.0 Å². The maximum absolute atomic E-state index is 3.68. The van der Waals surface area contributed by atoms with Gasteiger partial charge in [0.05, 0.1) is 0 Å². The largest absolute Gasteiger partial charge is 0.412 e. The molecule has 12 heavy (non-hydrogen) atoms. The SMILES string of the molecule is CC1(C)C[CH]([Na])CC(C)(C)N1.O. The van der Waals surface area contributed by atoms with Gasteiger partial charge in [0, 0.05) is 0 Å². The molecule has 0 bridgehead atoms. The Morgan fingerprint density at radius 2 is 1.42 bits per heavy atom. The average Bonchev–Trinajstić information content (AvgIpc) is 1.49. The summed E-state index contributed by atoms with van der Waals surface area (Å²) in [5.74, 6) is 0. The first-order valence-electron chi connectivity index (χ1n) is 4.60. The molecule has 0 aliphatic carbocycles. The molecule has 1 saturated heterocycles. The van der Waals surface area contributed by atoms with Crippen molar-refractivity contribution in [3.63, 3.8) is 0 Å². The van der Waals surface area contributed by atoms with Crippen LogP contribution in [0, 0.1) is 0 Å². The van der Waals surface area contributed by atoms with E-state index in [9.17, 15) is 0 Å². The minimum absolute atomic E-state index is 0. The number of hydrogen-bond acceptors (Lipinski definition) is 1. The summed E-state index contributed by atoms with van der Waals surface area (Å²) in [5.41, 5.74) is 0.738. The van der Waals surface area contributed by atoms with E-state index in [0.717, 1.165) is 3.17 Å². The third-order valence-electron chi connectivity index (χ3n) is 2.39. The van der Waals surface area contributed by atoms with Crippen LogP contribution in [0.25, 0.3) is 0 Å². The van der Waals surface area contributed by atoms with Crippen molar-refractivity contribution in [2.75, 3.05) is 0 Å². The minimum atomic E-state index is 0. The normalized spacial score (nSPS) is 27.8. The Labute approximate surface area is 93.2 Å². The van der Waals surface area contributed by atoms with Crippen molar-refractivity contribution in [2.24, 2.45) is 0 Å². The van der Waals surface area contributed by atoms with E-state index in [-0.39, 0.29) is 5.48 Å². The average molecular weight is 181 g/mol. The van der Waals surface area contributed by atoms with Crippen LogP contribution < -0.4 is 5.32 Å². The van der Waals surface area contributed by atoms with Gasteiger partial charge in [-0.15, -0.1) is 0 Å². The summed E-state index contributed by atoms with van der Waals surface area (Å²) in [6, 6.07) is 0. The fourth-order valence-electron chi connectivity index (χ4n) is 2.83. The van der Waals surface area contributed by atoms with E-state index in [1.807, 2.05) is 0 Å². The van der Waals surface area contributed by atoms with Gasteiger partial charge < -0.3 is 5.48 Å². The third-order valence-corrected chi connectivity index (χ3v) is 3.21. The molecule has 0 radical (unpaired) electrons. The molecule has 0 aromatic heterocycles. The smallest absolute Gasteiger partial charge is 0.412 e. The fourth-order valence-corrected chi connectivity index (χ4v) is 4.87. The molecule has 1 heterocycles. The number of rotatable bonds is 0. The van der Waals surface area contributed by atoms with Crippen molar-refractivity contribution in [2.45, 2.75) is 54.8 Å². The summed E-state index contributed by atoms with van der Waals surface area (Å²) < 4.78 is 1.00. The molecule has 2 nitrogen and oxygen atoms in total. The molecule has 1 aliphatic rings. The molecule has 68 valence electrons. The van der Waals surface area contributed by atoms with E-state index in [1.165, 1.54) is 40.8 Å². The van der Waals surface area contributed by atoms with Crippen molar-refractivity contribution in [3.8, 4) is 0 Å². The van der Waals surface area contributed by atoms with Gasteiger partial charge in [-0.25, -0.2) is 0 Å². The minimum Gasteiger partial charge on any atom is -0.412 e. The van der Waals surface area contributed by atoms with Crippen molar-refractivity contribution < 1.29 is 5.48 Å². The van der Waals surface area contributed by atoms with Crippen LogP contribution in [0.5, 0.6) is 0 Å². The second-order valence-corrected chi connectivity index (χ2v) is 7.04. The maximum atomic E-state index is 3.68. The third kappa shape index (κ3) is 3.75. The Morgan fingerprint density at radius 3 is 1.67 bits per heavy atom. The van der Waals surface area contributed by atoms with Crippen LogP contribution in [-0.2, 0) is 0 Å². The zero-order valence-electron chi connectivity index (χ0n) is 8.99. The van der Waals surface area contributed by atoms with Crippen LogP contribution in [0.2, 0.25) is 3.17 Å². The number of piperidine rings is 1. The van der Waals surface area contributed by atoms with Crippen LogP contribution in [0.15, 0.2) is 0 Å². The Balaban J connectivity index is 0.00000121. The Bertz CT molecular complexity index is 141. The first-order valence-corrected chi connectivity index (χ1v) is 5.76. The van der Waals surface area contributed by atoms with Crippen LogP contribution >= 0.6 is 0 Å². The van der Waals surface area contributed by atoms with Gasteiger partial charge in [-0.1, -0.05) is 0 Å². The Kier molecular flexibility index (Phi) is 4.28. The molecular weight excluding hydrogens is 161 g/mol. The van der Waals surface area contributed by atoms with Crippen molar-refractivity contribution >= 4 is 27.9 Å². The summed E-state index contributed by atoms with van der Waals surface area (Å²) >= 11 is 1.35. The topological polar surface area (TPSA) is 43.5 Å². The summed E-state index contributed by atoms with van der Waals surface area (Å²) in [6.07, 6.45) is 2.73. The van der Waals surface area contributed by atoms with E-state index in [2.05, 4.69) is 33.0 Å². The van der Waals surface area contributed by atoms with E-state index in [0.29, 0.717) is 11.1 Å². The molecule has 1 fully saturated rings. The van der Waals surface area contributed by atoms with E-state index >= 15 is 0 Å². The van der Waals surface area contributed by atoms with Crippen molar-refractivity contribution in [1.29, 1.82) is 0 Å². The Morgan fingerprint density at radius 1 is 1.08 bits per heavy atom. The molecule has 0 saturated carbocycles. The maximum Gasteiger partial charge on any atom is -0.412 e. The monoisotopic (exact) mass is 181 g/mol. The summed E-state index contributed by atoms with van der Waals surface area (Å²) in [4.78, 5) is 0.